The maximum absolute atomic E-state index is 9.02. The molecule has 1 atom stereocenters. The Hall–Kier alpha value is -2.57. The lowest BCUT2D eigenvalue weighted by Crippen LogP contribution is -2.29. The first kappa shape index (κ1) is 22.7. The molecule has 0 aliphatic heterocycles. The molecule has 3 nitrogen and oxygen atoms in total. The minimum Gasteiger partial charge on any atom is -0.279 e. The molecule has 0 spiro atoms. The third kappa shape index (κ3) is 7.40. The Kier molecular flexibility index (Phi) is 9.47. The molecule has 0 radical (unpaired) electrons. The van der Waals surface area contributed by atoms with E-state index in [1.54, 1.807) is 17.1 Å². The highest BCUT2D eigenvalue weighted by Gasteiger charge is 2.11. The van der Waals surface area contributed by atoms with Crippen molar-refractivity contribution in [2.45, 2.75) is 65.7 Å². The van der Waals surface area contributed by atoms with Crippen molar-refractivity contribution >= 4 is 11.4 Å². The van der Waals surface area contributed by atoms with Gasteiger partial charge in [-0.2, -0.15) is 5.26 Å². The molecule has 0 aliphatic carbocycles. The molecule has 0 saturated carbocycles. The molecule has 3 heteroatoms. The summed E-state index contributed by atoms with van der Waals surface area (Å²) < 4.78 is 0. The summed E-state index contributed by atoms with van der Waals surface area (Å²) in [6.07, 6.45) is 11.0. The van der Waals surface area contributed by atoms with E-state index in [1.165, 1.54) is 44.1 Å². The normalized spacial score (nSPS) is 12.4. The van der Waals surface area contributed by atoms with Crippen LogP contribution < -0.4 is 10.9 Å². The molecule has 2 aromatic carbocycles. The molecule has 1 unspecified atom stereocenters. The molecule has 0 heterocycles. The number of aryl methyl sites for hydroxylation is 1. The molecule has 2 aromatic rings. The summed E-state index contributed by atoms with van der Waals surface area (Å²) in [7, 11) is 0. The molecular weight excluding hydrogens is 354 g/mol. The van der Waals surface area contributed by atoms with Crippen LogP contribution in [0.5, 0.6) is 0 Å². The number of rotatable bonds is 11. The Bertz CT molecular complexity index is 797. The van der Waals surface area contributed by atoms with Gasteiger partial charge in [-0.15, -0.1) is 0 Å². The van der Waals surface area contributed by atoms with E-state index >= 15 is 0 Å². The molecular formula is C26H35N3. The van der Waals surface area contributed by atoms with E-state index < -0.39 is 0 Å². The average Bonchev–Trinajstić information content (AvgIpc) is 2.76. The summed E-state index contributed by atoms with van der Waals surface area (Å²) in [5.41, 5.74) is 4.87. The van der Waals surface area contributed by atoms with Gasteiger partial charge in [0.1, 0.15) is 0 Å². The lowest BCUT2D eigenvalue weighted by Gasteiger charge is -2.23. The second-order valence-corrected chi connectivity index (χ2v) is 7.99. The SMILES string of the molecule is CCC(C)CCCCCC/C=C(/c1ccc(C)cc1)N(N)c1ccc(C#N)cc1. The van der Waals surface area contributed by atoms with Crippen molar-refractivity contribution in [3.05, 3.63) is 71.3 Å². The predicted molar refractivity (Wildman–Crippen MR) is 124 cm³/mol. The van der Waals surface area contributed by atoms with Crippen LogP contribution in [0.4, 0.5) is 5.69 Å². The van der Waals surface area contributed by atoms with Gasteiger partial charge in [-0.1, -0.05) is 81.9 Å². The van der Waals surface area contributed by atoms with Crippen LogP contribution in [-0.4, -0.2) is 0 Å². The van der Waals surface area contributed by atoms with Gasteiger partial charge in [0.15, 0.2) is 0 Å². The van der Waals surface area contributed by atoms with Gasteiger partial charge < -0.3 is 0 Å². The lowest BCUT2D eigenvalue weighted by atomic mass is 10.00. The third-order valence-corrected chi connectivity index (χ3v) is 5.57. The number of nitrogens with two attached hydrogens (primary N) is 1. The van der Waals surface area contributed by atoms with Crippen LogP contribution in [0.2, 0.25) is 0 Å². The molecule has 2 N–H and O–H groups in total. The van der Waals surface area contributed by atoms with Gasteiger partial charge in [-0.3, -0.25) is 5.01 Å². The Morgan fingerprint density at radius 1 is 1.03 bits per heavy atom. The first-order valence-electron chi connectivity index (χ1n) is 10.9. The monoisotopic (exact) mass is 389 g/mol. The number of hydrazine groups is 1. The van der Waals surface area contributed by atoms with Crippen molar-refractivity contribution in [3.8, 4) is 6.07 Å². The lowest BCUT2D eigenvalue weighted by molar-refractivity contribution is 0.475. The summed E-state index contributed by atoms with van der Waals surface area (Å²) in [5, 5.41) is 10.8. The number of anilines is 1. The Labute approximate surface area is 176 Å². The Balaban J connectivity index is 2.04. The van der Waals surface area contributed by atoms with Crippen molar-refractivity contribution in [2.24, 2.45) is 11.8 Å². The molecule has 0 saturated heterocycles. The highest BCUT2D eigenvalue weighted by molar-refractivity contribution is 5.78. The van der Waals surface area contributed by atoms with Crippen LogP contribution in [0, 0.1) is 24.2 Å². The van der Waals surface area contributed by atoms with Gasteiger partial charge >= 0.3 is 0 Å². The van der Waals surface area contributed by atoms with Crippen LogP contribution in [0.3, 0.4) is 0 Å². The number of hydrogen-bond acceptors (Lipinski definition) is 3. The van der Waals surface area contributed by atoms with E-state index in [9.17, 15) is 0 Å². The van der Waals surface area contributed by atoms with Crippen molar-refractivity contribution in [1.29, 1.82) is 5.26 Å². The highest BCUT2D eigenvalue weighted by atomic mass is 15.4. The zero-order chi connectivity index (χ0) is 21.1. The van der Waals surface area contributed by atoms with E-state index in [-0.39, 0.29) is 0 Å². The molecule has 29 heavy (non-hydrogen) atoms. The maximum atomic E-state index is 9.02. The quantitative estimate of drug-likeness (QED) is 0.256. The van der Waals surface area contributed by atoms with Crippen molar-refractivity contribution in [1.82, 2.24) is 0 Å². The van der Waals surface area contributed by atoms with Crippen LogP contribution in [0.1, 0.15) is 75.5 Å². The summed E-state index contributed by atoms with van der Waals surface area (Å²) in [4.78, 5) is 0. The molecule has 0 aromatic heterocycles. The maximum Gasteiger partial charge on any atom is 0.0991 e. The second-order valence-electron chi connectivity index (χ2n) is 7.99. The van der Waals surface area contributed by atoms with Crippen molar-refractivity contribution in [3.63, 3.8) is 0 Å². The summed E-state index contributed by atoms with van der Waals surface area (Å²) in [6.45, 7) is 6.71. The van der Waals surface area contributed by atoms with Crippen LogP contribution >= 0.6 is 0 Å². The number of nitriles is 1. The van der Waals surface area contributed by atoms with Crippen LogP contribution in [0.25, 0.3) is 5.70 Å². The van der Waals surface area contributed by atoms with Crippen LogP contribution in [0.15, 0.2) is 54.6 Å². The fourth-order valence-corrected chi connectivity index (χ4v) is 3.35. The van der Waals surface area contributed by atoms with Gasteiger partial charge in [0, 0.05) is 0 Å². The zero-order valence-electron chi connectivity index (χ0n) is 18.2. The molecule has 0 amide bonds. The molecule has 154 valence electrons. The minimum atomic E-state index is 0.639. The fourth-order valence-electron chi connectivity index (χ4n) is 3.35. The first-order valence-corrected chi connectivity index (χ1v) is 10.9. The van der Waals surface area contributed by atoms with E-state index in [1.807, 2.05) is 12.1 Å². The number of unbranched alkanes of at least 4 members (excludes halogenated alkanes) is 4. The smallest absolute Gasteiger partial charge is 0.0991 e. The number of allylic oxidation sites excluding steroid dienone is 1. The summed E-state index contributed by atoms with van der Waals surface area (Å²) >= 11 is 0. The summed E-state index contributed by atoms with van der Waals surface area (Å²) in [5.74, 6) is 7.34. The van der Waals surface area contributed by atoms with Gasteiger partial charge in [0.25, 0.3) is 0 Å². The first-order chi connectivity index (χ1) is 14.0. The molecule has 2 rings (SSSR count). The Morgan fingerprint density at radius 3 is 2.31 bits per heavy atom. The second kappa shape index (κ2) is 12.1. The van der Waals surface area contributed by atoms with Gasteiger partial charge in [-0.05, 0) is 55.5 Å². The van der Waals surface area contributed by atoms with E-state index in [4.69, 9.17) is 11.1 Å². The van der Waals surface area contributed by atoms with Gasteiger partial charge in [0.2, 0.25) is 0 Å². The largest absolute Gasteiger partial charge is 0.279 e. The van der Waals surface area contributed by atoms with E-state index in [0.29, 0.717) is 5.56 Å². The highest BCUT2D eigenvalue weighted by Crippen LogP contribution is 2.25. The van der Waals surface area contributed by atoms with Gasteiger partial charge in [-0.25, -0.2) is 5.84 Å². The Morgan fingerprint density at radius 2 is 1.69 bits per heavy atom. The number of benzene rings is 2. The predicted octanol–water partition coefficient (Wildman–Crippen LogP) is 6.97. The number of nitrogens with zero attached hydrogens (tertiary/aromatic N) is 2. The third-order valence-electron chi connectivity index (χ3n) is 5.57. The van der Waals surface area contributed by atoms with Crippen molar-refractivity contribution < 1.29 is 0 Å². The van der Waals surface area contributed by atoms with Crippen LogP contribution in [-0.2, 0) is 0 Å². The fraction of sp³-hybridized carbons (Fsp3) is 0.423. The molecule has 0 fully saturated rings. The minimum absolute atomic E-state index is 0.639. The average molecular weight is 390 g/mol. The standard InChI is InChI=1S/C26H35N3/c1-4-21(2)10-8-6-5-7-9-11-26(24-16-12-22(3)13-17-24)29(28)25-18-14-23(20-27)15-19-25/h11-19,21H,4-10,28H2,1-3H3/b26-11-. The van der Waals surface area contributed by atoms with E-state index in [0.717, 1.165) is 29.3 Å². The number of hydrogen-bond donors (Lipinski definition) is 1. The van der Waals surface area contributed by atoms with E-state index in [2.05, 4.69) is 57.2 Å². The molecule has 0 bridgehead atoms. The topological polar surface area (TPSA) is 53.0 Å². The van der Waals surface area contributed by atoms with Gasteiger partial charge in [0.05, 0.1) is 23.0 Å². The summed E-state index contributed by atoms with van der Waals surface area (Å²) in [6, 6.07) is 18.0. The van der Waals surface area contributed by atoms with Crippen molar-refractivity contribution in [2.75, 3.05) is 5.01 Å². The zero-order valence-corrected chi connectivity index (χ0v) is 18.2. The molecule has 0 aliphatic rings.